The van der Waals surface area contributed by atoms with Gasteiger partial charge in [-0.25, -0.2) is 4.79 Å². The third-order valence-electron chi connectivity index (χ3n) is 12.2. The van der Waals surface area contributed by atoms with Crippen LogP contribution < -0.4 is 20.7 Å². The first-order valence-corrected chi connectivity index (χ1v) is 21.8. The highest BCUT2D eigenvalue weighted by Crippen LogP contribution is 2.52. The number of carbonyl (C=O) groups is 6. The van der Waals surface area contributed by atoms with E-state index in [-0.39, 0.29) is 70.6 Å². The van der Waals surface area contributed by atoms with E-state index in [1.54, 1.807) is 31.2 Å². The van der Waals surface area contributed by atoms with E-state index in [0.717, 1.165) is 0 Å². The number of nitrogens with one attached hydrogen (secondary N) is 3. The number of hydrogen-bond donors (Lipinski definition) is 8. The van der Waals surface area contributed by atoms with Crippen molar-refractivity contribution in [2.45, 2.75) is 129 Å². The summed E-state index contributed by atoms with van der Waals surface area (Å²) in [6.07, 6.45) is -7.44. The summed E-state index contributed by atoms with van der Waals surface area (Å²) in [6.45, 7) is 11.7. The molecular formula is C48H59N3O15. The van der Waals surface area contributed by atoms with Crippen molar-refractivity contribution in [2.75, 3.05) is 19.0 Å². The van der Waals surface area contributed by atoms with Gasteiger partial charge < -0.3 is 60.4 Å². The lowest BCUT2D eigenvalue weighted by atomic mass is 9.72. The fraction of sp³-hybridized carbons (Fsp3) is 0.500. The van der Waals surface area contributed by atoms with E-state index >= 15 is 0 Å². The van der Waals surface area contributed by atoms with Crippen molar-refractivity contribution in [1.82, 2.24) is 10.6 Å². The second-order valence-electron chi connectivity index (χ2n) is 18.7. The number of aromatic hydroxyl groups is 2. The Bertz CT molecular complexity index is 2390. The Morgan fingerprint density at radius 3 is 2.24 bits per heavy atom. The Morgan fingerprint density at radius 1 is 0.955 bits per heavy atom. The molecule has 18 heteroatoms. The number of aliphatic hydroxyl groups excluding tert-OH is 2. The number of phenolic OH excluding ortho intramolecular Hbond substituents is 2. The number of phenols is 2. The maximum Gasteiger partial charge on any atom is 0.407 e. The average molecular weight is 918 g/mol. The van der Waals surface area contributed by atoms with E-state index in [1.807, 2.05) is 34.6 Å². The monoisotopic (exact) mass is 917 g/mol. The molecule has 8 atom stereocenters. The molecule has 356 valence electrons. The van der Waals surface area contributed by atoms with E-state index in [9.17, 15) is 54.3 Å². The maximum atomic E-state index is 14.0. The Hall–Kier alpha value is -5.76. The van der Waals surface area contributed by atoms with Gasteiger partial charge in [0.2, 0.25) is 11.7 Å². The predicted octanol–water partition coefficient (Wildman–Crippen LogP) is 3.92. The van der Waals surface area contributed by atoms with Gasteiger partial charge in [0.05, 0.1) is 48.1 Å². The normalized spacial score (nSPS) is 23.5. The highest BCUT2D eigenvalue weighted by molar-refractivity contribution is 6.31. The van der Waals surface area contributed by atoms with Gasteiger partial charge in [0.15, 0.2) is 23.6 Å². The average Bonchev–Trinajstić information content (AvgIpc) is 3.26. The smallest absolute Gasteiger partial charge is 0.407 e. The van der Waals surface area contributed by atoms with E-state index in [0.29, 0.717) is 11.3 Å². The van der Waals surface area contributed by atoms with Crippen LogP contribution in [0.4, 0.5) is 10.5 Å². The van der Waals surface area contributed by atoms with Gasteiger partial charge in [-0.2, -0.15) is 0 Å². The highest BCUT2D eigenvalue weighted by Gasteiger charge is 2.50. The molecule has 0 spiro atoms. The number of Topliss-reactive ketones (excluding diaryl/α,β-unsaturated/α-hetero) is 2. The van der Waals surface area contributed by atoms with Crippen molar-refractivity contribution in [3.05, 3.63) is 81.4 Å². The SMILES string of the molecule is COc1cccc2c1C(=O)c1c(O)c3c(c(O)c1C2=O)C[C@](O)(C(=O)CO)CC3O[C@H]1C[C@@H](NC(=O)OCc2ccc(NC(=O)[C@H](C)CC(=O)[C@@H](NC(C)(C)C)C(C)C)cc2)[C@@H](O)[C@@H](C)O1. The van der Waals surface area contributed by atoms with Gasteiger partial charge in [-0.3, -0.25) is 24.0 Å². The molecule has 1 unspecified atom stereocenters. The van der Waals surface area contributed by atoms with Crippen LogP contribution in [-0.2, 0) is 41.6 Å². The van der Waals surface area contributed by atoms with Crippen molar-refractivity contribution < 1.29 is 73.2 Å². The number of aliphatic hydroxyl groups is 3. The zero-order valence-corrected chi connectivity index (χ0v) is 38.2. The minimum absolute atomic E-state index is 0.0390. The van der Waals surface area contributed by atoms with Gasteiger partial charge in [-0.15, -0.1) is 0 Å². The Balaban J connectivity index is 1.12. The van der Waals surface area contributed by atoms with Crippen LogP contribution >= 0.6 is 0 Å². The number of carbonyl (C=O) groups excluding carboxylic acids is 6. The van der Waals surface area contributed by atoms with E-state index in [1.165, 1.54) is 32.2 Å². The lowest BCUT2D eigenvalue weighted by molar-refractivity contribution is -0.249. The lowest BCUT2D eigenvalue weighted by Gasteiger charge is -2.42. The van der Waals surface area contributed by atoms with Crippen LogP contribution in [0, 0.1) is 11.8 Å². The van der Waals surface area contributed by atoms with E-state index < -0.39 is 114 Å². The van der Waals surface area contributed by atoms with Crippen molar-refractivity contribution in [2.24, 2.45) is 11.8 Å². The second-order valence-corrected chi connectivity index (χ2v) is 18.7. The summed E-state index contributed by atoms with van der Waals surface area (Å²) in [7, 11) is 1.30. The number of ketones is 4. The Kier molecular flexibility index (Phi) is 14.8. The summed E-state index contributed by atoms with van der Waals surface area (Å²) in [4.78, 5) is 80.0. The van der Waals surface area contributed by atoms with E-state index in [4.69, 9.17) is 18.9 Å². The number of fused-ring (bicyclic) bond motifs is 3. The minimum atomic E-state index is -2.38. The molecule has 66 heavy (non-hydrogen) atoms. The molecule has 1 fully saturated rings. The summed E-state index contributed by atoms with van der Waals surface area (Å²) in [5.74, 6) is -5.13. The summed E-state index contributed by atoms with van der Waals surface area (Å²) in [5, 5.41) is 64.7. The topological polar surface area (TPSA) is 277 Å². The minimum Gasteiger partial charge on any atom is -0.507 e. The number of benzene rings is 3. The van der Waals surface area contributed by atoms with Crippen molar-refractivity contribution in [3.63, 3.8) is 0 Å². The molecule has 0 aromatic heterocycles. The van der Waals surface area contributed by atoms with Gasteiger partial charge in [-0.05, 0) is 57.4 Å². The number of rotatable bonds is 15. The fourth-order valence-electron chi connectivity index (χ4n) is 8.76. The Labute approximate surface area is 382 Å². The van der Waals surface area contributed by atoms with Gasteiger partial charge >= 0.3 is 6.09 Å². The standard InChI is InChI=1S/C48H59N3O15/c1-22(2)39(51-47(5,6)7)30(53)16-23(3)45(60)49-26-14-12-25(13-15-26)21-64-46(61)50-29-17-34(65-24(4)40(29)55)66-32-19-48(62,33(54)20-52)18-28-36(32)44(59)38-37(42(28)57)41(56)27-10-9-11-31(63-8)35(27)43(38)58/h9-15,22-24,29,32,34,39-40,51-52,55,57,59,62H,16-21H2,1-8H3,(H,49,60)(H,50,61)/t23-,24-,29-,32?,34+,39+,40+,48-/m1/s1. The van der Waals surface area contributed by atoms with Crippen molar-refractivity contribution >= 4 is 40.8 Å². The molecule has 0 radical (unpaired) electrons. The number of methoxy groups -OCH3 is 1. The zero-order valence-electron chi connectivity index (χ0n) is 38.2. The van der Waals surface area contributed by atoms with Crippen LogP contribution in [0.2, 0.25) is 0 Å². The fourth-order valence-corrected chi connectivity index (χ4v) is 8.76. The lowest BCUT2D eigenvalue weighted by Crippen LogP contribution is -2.56. The molecule has 18 nitrogen and oxygen atoms in total. The van der Waals surface area contributed by atoms with Crippen LogP contribution in [0.5, 0.6) is 17.2 Å². The van der Waals surface area contributed by atoms with Crippen molar-refractivity contribution in [1.29, 1.82) is 0 Å². The second kappa shape index (κ2) is 19.6. The first-order chi connectivity index (χ1) is 31.0. The molecule has 3 aromatic carbocycles. The molecule has 2 amide bonds. The molecule has 8 N–H and O–H groups in total. The summed E-state index contributed by atoms with van der Waals surface area (Å²) >= 11 is 0. The predicted molar refractivity (Wildman–Crippen MR) is 236 cm³/mol. The van der Waals surface area contributed by atoms with Crippen LogP contribution in [0.1, 0.15) is 122 Å². The maximum absolute atomic E-state index is 14.0. The van der Waals surface area contributed by atoms with Gasteiger partial charge in [0.1, 0.15) is 42.2 Å². The number of alkyl carbamates (subject to hydrolysis) is 1. The molecule has 1 heterocycles. The Morgan fingerprint density at radius 2 is 1.62 bits per heavy atom. The first-order valence-electron chi connectivity index (χ1n) is 21.8. The quantitative estimate of drug-likeness (QED) is 0.0785. The molecule has 2 aliphatic carbocycles. The van der Waals surface area contributed by atoms with Gasteiger partial charge in [-0.1, -0.05) is 45.0 Å². The number of hydrogen-bond acceptors (Lipinski definition) is 16. The van der Waals surface area contributed by atoms with Crippen LogP contribution in [0.15, 0.2) is 42.5 Å². The van der Waals surface area contributed by atoms with Crippen LogP contribution in [0.25, 0.3) is 0 Å². The van der Waals surface area contributed by atoms with E-state index in [2.05, 4.69) is 16.0 Å². The van der Waals surface area contributed by atoms with Crippen LogP contribution in [-0.4, -0.2) is 116 Å². The van der Waals surface area contributed by atoms with Gasteiger partial charge in [0.25, 0.3) is 0 Å². The molecule has 3 aromatic rings. The van der Waals surface area contributed by atoms with Crippen molar-refractivity contribution in [3.8, 4) is 17.2 Å². The number of ether oxygens (including phenoxy) is 4. The molecule has 0 bridgehead atoms. The largest absolute Gasteiger partial charge is 0.507 e. The van der Waals surface area contributed by atoms with Gasteiger partial charge in [0, 0.05) is 59.5 Å². The summed E-state index contributed by atoms with van der Waals surface area (Å²) in [6, 6.07) is 9.38. The third kappa shape index (κ3) is 10.3. The molecule has 1 aliphatic heterocycles. The molecular weight excluding hydrogens is 859 g/mol. The molecule has 0 saturated carbocycles. The third-order valence-corrected chi connectivity index (χ3v) is 12.2. The zero-order chi connectivity index (χ0) is 48.6. The summed E-state index contributed by atoms with van der Waals surface area (Å²) in [5.41, 5.74) is -3.45. The van der Waals surface area contributed by atoms with Crippen LogP contribution in [0.3, 0.4) is 0 Å². The number of anilines is 1. The molecule has 1 saturated heterocycles. The highest BCUT2D eigenvalue weighted by atomic mass is 16.7. The number of amides is 2. The summed E-state index contributed by atoms with van der Waals surface area (Å²) < 4.78 is 22.9. The molecule has 6 rings (SSSR count). The first kappa shape index (κ1) is 49.7. The molecule has 3 aliphatic rings.